The van der Waals surface area contributed by atoms with E-state index in [0.717, 1.165) is 30.8 Å². The van der Waals surface area contributed by atoms with E-state index < -0.39 is 5.60 Å². The Labute approximate surface area is 202 Å². The molecule has 4 nitrogen and oxygen atoms in total. The van der Waals surface area contributed by atoms with Crippen LogP contribution in [0.1, 0.15) is 29.5 Å². The van der Waals surface area contributed by atoms with Gasteiger partial charge in [0, 0.05) is 32.7 Å². The zero-order chi connectivity index (χ0) is 23.4. The maximum atomic E-state index is 13.7. The summed E-state index contributed by atoms with van der Waals surface area (Å²) in [5.41, 5.74) is 1.67. The van der Waals surface area contributed by atoms with Crippen molar-refractivity contribution >= 4 is 5.97 Å². The van der Waals surface area contributed by atoms with Crippen LogP contribution in [0, 0.1) is 17.8 Å². The van der Waals surface area contributed by atoms with E-state index in [1.807, 2.05) is 60.7 Å². The molecule has 0 spiro atoms. The van der Waals surface area contributed by atoms with Crippen LogP contribution in [0.2, 0.25) is 0 Å². The highest BCUT2D eigenvalue weighted by Gasteiger charge is 2.47. The fraction of sp³-hybridized carbons (Fsp3) is 0.367. The largest absolute Gasteiger partial charge is 0.463 e. The van der Waals surface area contributed by atoms with Crippen molar-refractivity contribution in [1.82, 2.24) is 4.90 Å². The Morgan fingerprint density at radius 3 is 1.82 bits per heavy atom. The summed E-state index contributed by atoms with van der Waals surface area (Å²) in [4.78, 5) is 16.3. The van der Waals surface area contributed by atoms with Gasteiger partial charge in [-0.2, -0.15) is 0 Å². The quantitative estimate of drug-likeness (QED) is 0.433. The molecular weight excluding hydrogens is 422 g/mol. The SMILES string of the molecule is COC(C(=O)OCC1C2CCC1CN(Cc1ccccc1)C2)(c1ccccc1)c1ccccc1. The van der Waals surface area contributed by atoms with Crippen LogP contribution in [-0.2, 0) is 26.4 Å². The van der Waals surface area contributed by atoms with Crippen molar-refractivity contribution in [3.63, 3.8) is 0 Å². The van der Waals surface area contributed by atoms with Crippen LogP contribution in [0.4, 0.5) is 0 Å². The van der Waals surface area contributed by atoms with Crippen molar-refractivity contribution < 1.29 is 14.3 Å². The molecule has 0 aromatic heterocycles. The van der Waals surface area contributed by atoms with E-state index in [2.05, 4.69) is 35.2 Å². The zero-order valence-corrected chi connectivity index (χ0v) is 19.8. The average Bonchev–Trinajstić information content (AvgIpc) is 3.13. The molecule has 4 heteroatoms. The second kappa shape index (κ2) is 10.1. The smallest absolute Gasteiger partial charge is 0.347 e. The number of esters is 1. The highest BCUT2D eigenvalue weighted by Crippen LogP contribution is 2.43. The summed E-state index contributed by atoms with van der Waals surface area (Å²) in [5, 5.41) is 0. The summed E-state index contributed by atoms with van der Waals surface area (Å²) >= 11 is 0. The summed E-state index contributed by atoms with van der Waals surface area (Å²) in [7, 11) is 1.59. The van der Waals surface area contributed by atoms with Gasteiger partial charge in [-0.15, -0.1) is 0 Å². The molecule has 2 unspecified atom stereocenters. The van der Waals surface area contributed by atoms with Gasteiger partial charge in [-0.05, 0) is 41.4 Å². The molecule has 176 valence electrons. The van der Waals surface area contributed by atoms with E-state index in [1.54, 1.807) is 7.11 Å². The minimum Gasteiger partial charge on any atom is -0.463 e. The third-order valence-corrected chi connectivity index (χ3v) is 7.71. The molecule has 1 aliphatic heterocycles. The Morgan fingerprint density at radius 2 is 1.32 bits per heavy atom. The standard InChI is InChI=1S/C30H33NO3/c1-33-30(26-13-7-3-8-14-26,27-15-9-4-10-16-27)29(32)34-22-28-24-17-18-25(28)21-31(20-24)19-23-11-5-2-6-12-23/h2-16,24-25,28H,17-22H2,1H3. The molecule has 2 fully saturated rings. The Kier molecular flexibility index (Phi) is 6.80. The number of carbonyl (C=O) groups excluding carboxylic acids is 1. The van der Waals surface area contributed by atoms with Gasteiger partial charge in [-0.25, -0.2) is 4.79 Å². The minimum atomic E-state index is -1.27. The maximum Gasteiger partial charge on any atom is 0.347 e. The molecule has 1 heterocycles. The molecule has 1 saturated heterocycles. The number of rotatable bonds is 8. The van der Waals surface area contributed by atoms with Gasteiger partial charge in [0.05, 0.1) is 6.61 Å². The summed E-state index contributed by atoms with van der Waals surface area (Å²) in [6.07, 6.45) is 2.43. The molecule has 2 bridgehead atoms. The Morgan fingerprint density at radius 1 is 0.824 bits per heavy atom. The van der Waals surface area contributed by atoms with Crippen LogP contribution < -0.4 is 0 Å². The van der Waals surface area contributed by atoms with Gasteiger partial charge in [0.2, 0.25) is 5.60 Å². The number of nitrogens with zero attached hydrogens (tertiary/aromatic N) is 1. The number of fused-ring (bicyclic) bond motifs is 2. The van der Waals surface area contributed by atoms with Gasteiger partial charge in [-0.1, -0.05) is 91.0 Å². The lowest BCUT2D eigenvalue weighted by Gasteiger charge is -2.38. The average molecular weight is 456 g/mol. The maximum absolute atomic E-state index is 13.7. The van der Waals surface area contributed by atoms with Gasteiger partial charge in [0.1, 0.15) is 0 Å². The summed E-state index contributed by atoms with van der Waals surface area (Å²) in [5.74, 6) is 1.22. The van der Waals surface area contributed by atoms with Crippen molar-refractivity contribution in [3.05, 3.63) is 108 Å². The van der Waals surface area contributed by atoms with Crippen LogP contribution in [0.5, 0.6) is 0 Å². The predicted molar refractivity (Wildman–Crippen MR) is 133 cm³/mol. The number of hydrogen-bond donors (Lipinski definition) is 0. The summed E-state index contributed by atoms with van der Waals surface area (Å²) in [6, 6.07) is 30.0. The number of carbonyl (C=O) groups is 1. The van der Waals surface area contributed by atoms with Gasteiger partial charge in [0.25, 0.3) is 0 Å². The van der Waals surface area contributed by atoms with Crippen molar-refractivity contribution in [1.29, 1.82) is 0 Å². The molecule has 0 amide bonds. The first-order valence-corrected chi connectivity index (χ1v) is 12.3. The normalized spacial score (nSPS) is 22.4. The number of ether oxygens (including phenoxy) is 2. The Balaban J connectivity index is 1.30. The predicted octanol–water partition coefficient (Wildman–Crippen LogP) is 5.28. The Bertz CT molecular complexity index is 1020. The second-order valence-corrected chi connectivity index (χ2v) is 9.66. The highest BCUT2D eigenvalue weighted by atomic mass is 16.6. The van der Waals surface area contributed by atoms with Crippen molar-refractivity contribution in [2.45, 2.75) is 25.0 Å². The zero-order valence-electron chi connectivity index (χ0n) is 19.8. The minimum absolute atomic E-state index is 0.335. The van der Waals surface area contributed by atoms with Crippen LogP contribution in [0.15, 0.2) is 91.0 Å². The third kappa shape index (κ3) is 4.40. The van der Waals surface area contributed by atoms with Crippen LogP contribution in [-0.4, -0.2) is 37.7 Å². The van der Waals surface area contributed by atoms with Crippen LogP contribution >= 0.6 is 0 Å². The van der Waals surface area contributed by atoms with E-state index in [1.165, 1.54) is 18.4 Å². The first kappa shape index (κ1) is 22.8. The molecule has 2 atom stereocenters. The summed E-state index contributed by atoms with van der Waals surface area (Å²) in [6.45, 7) is 3.59. The molecule has 1 aliphatic carbocycles. The summed E-state index contributed by atoms with van der Waals surface area (Å²) < 4.78 is 12.1. The Hall–Kier alpha value is -2.95. The van der Waals surface area contributed by atoms with E-state index in [0.29, 0.717) is 24.4 Å². The number of likely N-dealkylation sites (tertiary alicyclic amines) is 1. The molecule has 0 N–H and O–H groups in total. The number of benzene rings is 3. The number of hydrogen-bond acceptors (Lipinski definition) is 4. The van der Waals surface area contributed by atoms with E-state index >= 15 is 0 Å². The van der Waals surface area contributed by atoms with Gasteiger partial charge < -0.3 is 9.47 Å². The van der Waals surface area contributed by atoms with E-state index in [9.17, 15) is 4.79 Å². The van der Waals surface area contributed by atoms with Crippen molar-refractivity contribution in [2.24, 2.45) is 17.8 Å². The van der Waals surface area contributed by atoms with Crippen molar-refractivity contribution in [3.8, 4) is 0 Å². The van der Waals surface area contributed by atoms with E-state index in [-0.39, 0.29) is 5.97 Å². The second-order valence-electron chi connectivity index (χ2n) is 9.66. The lowest BCUT2D eigenvalue weighted by Crippen LogP contribution is -2.45. The van der Waals surface area contributed by atoms with Crippen LogP contribution in [0.3, 0.4) is 0 Å². The van der Waals surface area contributed by atoms with Gasteiger partial charge in [0.15, 0.2) is 0 Å². The molecule has 5 rings (SSSR count). The number of methoxy groups -OCH3 is 1. The topological polar surface area (TPSA) is 38.8 Å². The first-order valence-electron chi connectivity index (χ1n) is 12.3. The highest BCUT2D eigenvalue weighted by molar-refractivity contribution is 5.85. The molecule has 34 heavy (non-hydrogen) atoms. The molecular formula is C30H33NO3. The fourth-order valence-electron chi connectivity index (χ4n) is 6.02. The molecule has 2 aliphatic rings. The molecule has 0 radical (unpaired) electrons. The molecule has 1 saturated carbocycles. The van der Waals surface area contributed by atoms with Crippen LogP contribution in [0.25, 0.3) is 0 Å². The molecule has 3 aromatic carbocycles. The third-order valence-electron chi connectivity index (χ3n) is 7.71. The lowest BCUT2D eigenvalue weighted by atomic mass is 9.84. The van der Waals surface area contributed by atoms with Gasteiger partial charge in [-0.3, -0.25) is 4.90 Å². The molecule has 3 aromatic rings. The monoisotopic (exact) mass is 455 g/mol. The number of piperidine rings is 1. The van der Waals surface area contributed by atoms with Gasteiger partial charge >= 0.3 is 5.97 Å². The van der Waals surface area contributed by atoms with E-state index in [4.69, 9.17) is 9.47 Å². The fourth-order valence-corrected chi connectivity index (χ4v) is 6.02. The van der Waals surface area contributed by atoms with Crippen molar-refractivity contribution in [2.75, 3.05) is 26.8 Å². The first-order chi connectivity index (χ1) is 16.7. The lowest BCUT2D eigenvalue weighted by molar-refractivity contribution is -0.168.